The Hall–Kier alpha value is -1.60. The molecule has 1 aromatic heterocycles. The summed E-state index contributed by atoms with van der Waals surface area (Å²) in [4.78, 5) is 14.5. The number of rotatable bonds is 3. The van der Waals surface area contributed by atoms with Gasteiger partial charge in [-0.1, -0.05) is 23.1 Å². The fraction of sp³-hybridized carbons (Fsp3) is 0.250. The third-order valence-corrected chi connectivity index (χ3v) is 4.29. The van der Waals surface area contributed by atoms with E-state index in [1.54, 1.807) is 37.2 Å². The van der Waals surface area contributed by atoms with Gasteiger partial charge in [0.2, 0.25) is 0 Å². The Labute approximate surface area is 119 Å². The molecule has 0 saturated heterocycles. The van der Waals surface area contributed by atoms with Gasteiger partial charge < -0.3 is 10.6 Å². The van der Waals surface area contributed by atoms with Crippen LogP contribution in [0.2, 0.25) is 0 Å². The molecule has 0 saturated carbocycles. The lowest BCUT2D eigenvalue weighted by atomic mass is 10.2. The Kier molecular flexibility index (Phi) is 4.06. The van der Waals surface area contributed by atoms with E-state index < -0.39 is 0 Å². The lowest BCUT2D eigenvalue weighted by Gasteiger charge is -2.13. The van der Waals surface area contributed by atoms with E-state index in [1.807, 2.05) is 6.92 Å². The summed E-state index contributed by atoms with van der Waals surface area (Å²) < 4.78 is 0.802. The summed E-state index contributed by atoms with van der Waals surface area (Å²) >= 11 is 2.90. The third-order valence-electron chi connectivity index (χ3n) is 2.35. The maximum atomic E-state index is 12.1. The number of carbonyl (C=O) groups is 1. The minimum atomic E-state index is -0.0521. The SMILES string of the molecule is Cc1nnc(Sc2cc(N)ccc2C(=O)N(C)C)s1. The first-order chi connectivity index (χ1) is 8.97. The summed E-state index contributed by atoms with van der Waals surface area (Å²) in [5, 5.41) is 8.91. The fourth-order valence-corrected chi connectivity index (χ4v) is 3.40. The molecule has 100 valence electrons. The van der Waals surface area contributed by atoms with Crippen molar-refractivity contribution in [3.05, 3.63) is 28.8 Å². The summed E-state index contributed by atoms with van der Waals surface area (Å²) in [7, 11) is 3.45. The number of amides is 1. The molecule has 1 amide bonds. The van der Waals surface area contributed by atoms with Gasteiger partial charge in [0.05, 0.1) is 5.56 Å². The molecule has 0 bridgehead atoms. The molecule has 0 aliphatic heterocycles. The lowest BCUT2D eigenvalue weighted by Crippen LogP contribution is -2.22. The van der Waals surface area contributed by atoms with Crippen LogP contribution >= 0.6 is 23.1 Å². The van der Waals surface area contributed by atoms with E-state index >= 15 is 0 Å². The predicted molar refractivity (Wildman–Crippen MR) is 77.6 cm³/mol. The molecule has 1 heterocycles. The van der Waals surface area contributed by atoms with Crippen LogP contribution in [0.1, 0.15) is 15.4 Å². The maximum Gasteiger partial charge on any atom is 0.254 e. The molecule has 2 N–H and O–H groups in total. The Morgan fingerprint density at radius 3 is 2.68 bits per heavy atom. The fourth-order valence-electron chi connectivity index (χ4n) is 1.45. The van der Waals surface area contributed by atoms with Gasteiger partial charge in [-0.3, -0.25) is 4.79 Å². The van der Waals surface area contributed by atoms with Gasteiger partial charge in [0, 0.05) is 24.7 Å². The second-order valence-electron chi connectivity index (χ2n) is 4.14. The van der Waals surface area contributed by atoms with E-state index in [2.05, 4.69) is 10.2 Å². The standard InChI is InChI=1S/C12H14N4OS2/c1-7-14-15-12(18-7)19-10-6-8(13)4-5-9(10)11(17)16(2)3/h4-6H,13H2,1-3H3. The Morgan fingerprint density at radius 1 is 1.37 bits per heavy atom. The van der Waals surface area contributed by atoms with E-state index in [9.17, 15) is 4.79 Å². The van der Waals surface area contributed by atoms with Crippen LogP contribution in [-0.4, -0.2) is 35.1 Å². The average molecular weight is 294 g/mol. The van der Waals surface area contributed by atoms with E-state index in [1.165, 1.54) is 23.1 Å². The number of nitrogens with two attached hydrogens (primary N) is 1. The Balaban J connectivity index is 2.37. The normalized spacial score (nSPS) is 10.5. The molecule has 0 aliphatic carbocycles. The van der Waals surface area contributed by atoms with Crippen LogP contribution in [0.4, 0.5) is 5.69 Å². The molecular weight excluding hydrogens is 280 g/mol. The maximum absolute atomic E-state index is 12.1. The summed E-state index contributed by atoms with van der Waals surface area (Å²) in [6, 6.07) is 5.26. The summed E-state index contributed by atoms with van der Waals surface area (Å²) in [5.41, 5.74) is 7.04. The number of carbonyl (C=O) groups excluding carboxylic acids is 1. The van der Waals surface area contributed by atoms with Crippen LogP contribution in [0, 0.1) is 6.92 Å². The summed E-state index contributed by atoms with van der Waals surface area (Å²) in [5.74, 6) is -0.0521. The van der Waals surface area contributed by atoms with E-state index in [0.29, 0.717) is 11.3 Å². The molecule has 1 aromatic carbocycles. The van der Waals surface area contributed by atoms with Crippen LogP contribution in [0.25, 0.3) is 0 Å². The number of aryl methyl sites for hydroxylation is 1. The Bertz CT molecular complexity index is 610. The number of anilines is 1. The van der Waals surface area contributed by atoms with Crippen molar-refractivity contribution in [2.45, 2.75) is 16.2 Å². The topological polar surface area (TPSA) is 72.1 Å². The second-order valence-corrected chi connectivity index (χ2v) is 6.61. The molecule has 0 aliphatic rings. The monoisotopic (exact) mass is 294 g/mol. The number of nitrogens with zero attached hydrogens (tertiary/aromatic N) is 3. The minimum absolute atomic E-state index is 0.0521. The van der Waals surface area contributed by atoms with Crippen molar-refractivity contribution in [3.8, 4) is 0 Å². The zero-order valence-electron chi connectivity index (χ0n) is 10.9. The smallest absolute Gasteiger partial charge is 0.254 e. The van der Waals surface area contributed by atoms with Gasteiger partial charge in [-0.25, -0.2) is 0 Å². The Morgan fingerprint density at radius 2 is 2.11 bits per heavy atom. The molecule has 7 heteroatoms. The summed E-state index contributed by atoms with van der Waals surface area (Å²) in [6.07, 6.45) is 0. The first kappa shape index (κ1) is 13.8. The molecule has 0 radical (unpaired) electrons. The van der Waals surface area contributed by atoms with Gasteiger partial charge in [0.15, 0.2) is 4.34 Å². The molecular formula is C12H14N4OS2. The largest absolute Gasteiger partial charge is 0.399 e. The molecule has 19 heavy (non-hydrogen) atoms. The molecule has 2 aromatic rings. The lowest BCUT2D eigenvalue weighted by molar-refractivity contribution is 0.0824. The van der Waals surface area contributed by atoms with Crippen molar-refractivity contribution in [1.29, 1.82) is 0 Å². The predicted octanol–water partition coefficient (Wildman–Crippen LogP) is 2.28. The van der Waals surface area contributed by atoms with Crippen LogP contribution in [0.3, 0.4) is 0 Å². The van der Waals surface area contributed by atoms with Gasteiger partial charge >= 0.3 is 0 Å². The van der Waals surface area contributed by atoms with Crippen LogP contribution in [0.5, 0.6) is 0 Å². The number of hydrogen-bond donors (Lipinski definition) is 1. The molecule has 5 nitrogen and oxygen atoms in total. The highest BCUT2D eigenvalue weighted by Gasteiger charge is 2.16. The molecule has 0 unspecified atom stereocenters. The van der Waals surface area contributed by atoms with Crippen LogP contribution < -0.4 is 5.73 Å². The van der Waals surface area contributed by atoms with Crippen molar-refractivity contribution in [1.82, 2.24) is 15.1 Å². The van der Waals surface area contributed by atoms with Crippen molar-refractivity contribution in [3.63, 3.8) is 0 Å². The zero-order chi connectivity index (χ0) is 14.0. The number of hydrogen-bond acceptors (Lipinski definition) is 6. The van der Waals surface area contributed by atoms with Crippen molar-refractivity contribution in [2.24, 2.45) is 0 Å². The highest BCUT2D eigenvalue weighted by Crippen LogP contribution is 2.34. The van der Waals surface area contributed by atoms with Crippen molar-refractivity contribution < 1.29 is 4.79 Å². The highest BCUT2D eigenvalue weighted by molar-refractivity contribution is 8.01. The van der Waals surface area contributed by atoms with Crippen LogP contribution in [-0.2, 0) is 0 Å². The minimum Gasteiger partial charge on any atom is -0.399 e. The molecule has 0 fully saturated rings. The van der Waals surface area contributed by atoms with E-state index in [-0.39, 0.29) is 5.91 Å². The second kappa shape index (κ2) is 5.58. The van der Waals surface area contributed by atoms with Crippen LogP contribution in [0.15, 0.2) is 27.4 Å². The number of benzene rings is 1. The van der Waals surface area contributed by atoms with Crippen molar-refractivity contribution >= 4 is 34.7 Å². The molecule has 0 spiro atoms. The number of nitrogen functional groups attached to an aromatic ring is 1. The van der Waals surface area contributed by atoms with Gasteiger partial charge in [-0.05, 0) is 25.1 Å². The highest BCUT2D eigenvalue weighted by atomic mass is 32.2. The quantitative estimate of drug-likeness (QED) is 0.879. The van der Waals surface area contributed by atoms with Gasteiger partial charge in [0.25, 0.3) is 5.91 Å². The van der Waals surface area contributed by atoms with E-state index in [0.717, 1.165) is 14.2 Å². The zero-order valence-corrected chi connectivity index (χ0v) is 12.5. The third kappa shape index (κ3) is 3.24. The molecule has 0 atom stereocenters. The van der Waals surface area contributed by atoms with Gasteiger partial charge in [0.1, 0.15) is 5.01 Å². The number of aromatic nitrogens is 2. The average Bonchev–Trinajstić information content (AvgIpc) is 2.74. The van der Waals surface area contributed by atoms with E-state index in [4.69, 9.17) is 5.73 Å². The first-order valence-corrected chi connectivity index (χ1v) is 7.20. The summed E-state index contributed by atoms with van der Waals surface area (Å²) in [6.45, 7) is 1.90. The first-order valence-electron chi connectivity index (χ1n) is 5.56. The van der Waals surface area contributed by atoms with Gasteiger partial charge in [-0.15, -0.1) is 10.2 Å². The van der Waals surface area contributed by atoms with Crippen molar-refractivity contribution in [2.75, 3.05) is 19.8 Å². The molecule has 2 rings (SSSR count). The van der Waals surface area contributed by atoms with Gasteiger partial charge in [-0.2, -0.15) is 0 Å².